The molecule has 90 valence electrons. The van der Waals surface area contributed by atoms with Gasteiger partial charge in [-0.25, -0.2) is 0 Å². The number of nitrogens with one attached hydrogen (secondary N) is 1. The normalized spacial score (nSPS) is 12.4. The second-order valence-electron chi connectivity index (χ2n) is 3.45. The van der Waals surface area contributed by atoms with Gasteiger partial charge in [0.25, 0.3) is 5.91 Å². The molecule has 1 N–H and O–H groups in total. The number of hydrogen-bond acceptors (Lipinski definition) is 3. The Bertz CT molecular complexity index is 535. The summed E-state index contributed by atoms with van der Waals surface area (Å²) in [6, 6.07) is 5.10. The highest BCUT2D eigenvalue weighted by atomic mass is 35.5. The van der Waals surface area contributed by atoms with Gasteiger partial charge in [-0.3, -0.25) is 4.79 Å². The Balaban J connectivity index is 2.07. The van der Waals surface area contributed by atoms with Crippen LogP contribution in [0.5, 0.6) is 0 Å². The standard InChI is InChI=1S/C11H9Cl2NO2S/c1-6(8-2-3-9(12)17-8)14-11(15)7-4-5-16-10(7)13/h2-6H,1H3,(H,14,15). The van der Waals surface area contributed by atoms with Crippen LogP contribution in [0.2, 0.25) is 9.56 Å². The van der Waals surface area contributed by atoms with E-state index in [1.807, 2.05) is 13.0 Å². The summed E-state index contributed by atoms with van der Waals surface area (Å²) in [6.45, 7) is 1.88. The zero-order chi connectivity index (χ0) is 12.4. The largest absolute Gasteiger partial charge is 0.452 e. The fourth-order valence-corrected chi connectivity index (χ4v) is 2.63. The van der Waals surface area contributed by atoms with Crippen LogP contribution in [0.4, 0.5) is 0 Å². The maximum absolute atomic E-state index is 11.8. The molecule has 6 heteroatoms. The number of rotatable bonds is 3. The molecule has 0 radical (unpaired) electrons. The van der Waals surface area contributed by atoms with E-state index in [-0.39, 0.29) is 17.2 Å². The van der Waals surface area contributed by atoms with Gasteiger partial charge in [-0.05, 0) is 36.7 Å². The molecule has 2 aromatic heterocycles. The lowest BCUT2D eigenvalue weighted by atomic mass is 10.2. The van der Waals surface area contributed by atoms with E-state index in [2.05, 4.69) is 5.32 Å². The molecule has 0 saturated carbocycles. The molecule has 1 atom stereocenters. The van der Waals surface area contributed by atoms with Crippen LogP contribution in [-0.4, -0.2) is 5.91 Å². The van der Waals surface area contributed by atoms with Crippen molar-refractivity contribution in [2.45, 2.75) is 13.0 Å². The highest BCUT2D eigenvalue weighted by Crippen LogP contribution is 2.27. The summed E-state index contributed by atoms with van der Waals surface area (Å²) in [7, 11) is 0. The third-order valence-electron chi connectivity index (χ3n) is 2.23. The predicted octanol–water partition coefficient (Wildman–Crippen LogP) is 4.14. The summed E-state index contributed by atoms with van der Waals surface area (Å²) in [5, 5.41) is 2.92. The fraction of sp³-hybridized carbons (Fsp3) is 0.182. The third-order valence-corrected chi connectivity index (χ3v) is 3.94. The number of carbonyl (C=O) groups is 1. The second-order valence-corrected chi connectivity index (χ2v) is 5.53. The van der Waals surface area contributed by atoms with Crippen LogP contribution < -0.4 is 5.32 Å². The summed E-state index contributed by atoms with van der Waals surface area (Å²) in [5.41, 5.74) is 0.334. The van der Waals surface area contributed by atoms with Crippen LogP contribution >= 0.6 is 34.5 Å². The summed E-state index contributed by atoms with van der Waals surface area (Å²) < 4.78 is 5.56. The summed E-state index contributed by atoms with van der Waals surface area (Å²) >= 11 is 13.0. The highest BCUT2D eigenvalue weighted by Gasteiger charge is 2.16. The van der Waals surface area contributed by atoms with Crippen molar-refractivity contribution >= 4 is 40.4 Å². The minimum atomic E-state index is -0.263. The number of carbonyl (C=O) groups excluding carboxylic acids is 1. The Morgan fingerprint density at radius 2 is 2.18 bits per heavy atom. The van der Waals surface area contributed by atoms with E-state index in [1.54, 1.807) is 6.07 Å². The first kappa shape index (κ1) is 12.5. The number of thiophene rings is 1. The SMILES string of the molecule is CC(NC(=O)c1ccoc1Cl)c1ccc(Cl)s1. The maximum Gasteiger partial charge on any atom is 0.256 e. The van der Waals surface area contributed by atoms with E-state index >= 15 is 0 Å². The predicted molar refractivity (Wildman–Crippen MR) is 68.9 cm³/mol. The van der Waals surface area contributed by atoms with Gasteiger partial charge in [0.2, 0.25) is 5.22 Å². The molecule has 2 aromatic rings. The van der Waals surface area contributed by atoms with Crippen LogP contribution in [-0.2, 0) is 0 Å². The highest BCUT2D eigenvalue weighted by molar-refractivity contribution is 7.16. The van der Waals surface area contributed by atoms with Gasteiger partial charge in [-0.15, -0.1) is 11.3 Å². The van der Waals surface area contributed by atoms with E-state index in [0.717, 1.165) is 4.88 Å². The van der Waals surface area contributed by atoms with Gasteiger partial charge in [0.05, 0.1) is 22.2 Å². The van der Waals surface area contributed by atoms with Crippen LogP contribution in [0.25, 0.3) is 0 Å². The molecular weight excluding hydrogens is 281 g/mol. The van der Waals surface area contributed by atoms with E-state index in [4.69, 9.17) is 27.6 Å². The number of amides is 1. The summed E-state index contributed by atoms with van der Waals surface area (Å²) in [5.74, 6) is -0.263. The van der Waals surface area contributed by atoms with Gasteiger partial charge < -0.3 is 9.73 Å². The fourth-order valence-electron chi connectivity index (χ4n) is 1.36. The van der Waals surface area contributed by atoms with Crippen LogP contribution in [0, 0.1) is 0 Å². The van der Waals surface area contributed by atoms with E-state index in [9.17, 15) is 4.79 Å². The molecule has 0 spiro atoms. The first-order valence-electron chi connectivity index (χ1n) is 4.87. The molecule has 3 nitrogen and oxygen atoms in total. The molecular formula is C11H9Cl2NO2S. The molecule has 0 saturated heterocycles. The Morgan fingerprint density at radius 1 is 1.41 bits per heavy atom. The molecule has 2 heterocycles. The third kappa shape index (κ3) is 2.83. The molecule has 0 aromatic carbocycles. The number of furan rings is 1. The van der Waals surface area contributed by atoms with Crippen molar-refractivity contribution < 1.29 is 9.21 Å². The molecule has 0 aliphatic heterocycles. The lowest BCUT2D eigenvalue weighted by Gasteiger charge is -2.11. The van der Waals surface area contributed by atoms with Gasteiger partial charge in [-0.2, -0.15) is 0 Å². The van der Waals surface area contributed by atoms with Gasteiger partial charge in [-0.1, -0.05) is 11.6 Å². The molecule has 0 aliphatic rings. The van der Waals surface area contributed by atoms with Crippen LogP contribution in [0.3, 0.4) is 0 Å². The first-order chi connectivity index (χ1) is 8.08. The van der Waals surface area contributed by atoms with Crippen molar-refractivity contribution in [3.8, 4) is 0 Å². The van der Waals surface area contributed by atoms with Crippen molar-refractivity contribution in [3.63, 3.8) is 0 Å². The topological polar surface area (TPSA) is 42.2 Å². The molecule has 2 rings (SSSR count). The first-order valence-corrected chi connectivity index (χ1v) is 6.44. The minimum Gasteiger partial charge on any atom is -0.452 e. The van der Waals surface area contributed by atoms with Crippen LogP contribution in [0.1, 0.15) is 28.2 Å². The van der Waals surface area contributed by atoms with Gasteiger partial charge >= 0.3 is 0 Å². The molecule has 0 bridgehead atoms. The Hall–Kier alpha value is -0.970. The van der Waals surface area contributed by atoms with Crippen molar-refractivity contribution in [1.29, 1.82) is 0 Å². The van der Waals surface area contributed by atoms with E-state index < -0.39 is 0 Å². The van der Waals surface area contributed by atoms with Crippen molar-refractivity contribution in [2.24, 2.45) is 0 Å². The van der Waals surface area contributed by atoms with Crippen molar-refractivity contribution in [3.05, 3.63) is 44.5 Å². The molecule has 1 unspecified atom stereocenters. The van der Waals surface area contributed by atoms with Gasteiger partial charge in [0.15, 0.2) is 0 Å². The zero-order valence-corrected chi connectivity index (χ0v) is 11.2. The van der Waals surface area contributed by atoms with Gasteiger partial charge in [0, 0.05) is 4.88 Å². The summed E-state index contributed by atoms with van der Waals surface area (Å²) in [4.78, 5) is 12.8. The second kappa shape index (κ2) is 5.12. The molecule has 0 aliphatic carbocycles. The Morgan fingerprint density at radius 3 is 2.71 bits per heavy atom. The van der Waals surface area contributed by atoms with Gasteiger partial charge in [0.1, 0.15) is 0 Å². The minimum absolute atomic E-state index is 0.0962. The molecule has 1 amide bonds. The van der Waals surface area contributed by atoms with E-state index in [0.29, 0.717) is 9.90 Å². The van der Waals surface area contributed by atoms with Crippen molar-refractivity contribution in [2.75, 3.05) is 0 Å². The lowest BCUT2D eigenvalue weighted by molar-refractivity contribution is 0.0940. The molecule has 0 fully saturated rings. The average Bonchev–Trinajstić information content (AvgIpc) is 2.86. The zero-order valence-electron chi connectivity index (χ0n) is 8.87. The lowest BCUT2D eigenvalue weighted by Crippen LogP contribution is -2.25. The smallest absolute Gasteiger partial charge is 0.256 e. The van der Waals surface area contributed by atoms with E-state index in [1.165, 1.54) is 23.7 Å². The summed E-state index contributed by atoms with van der Waals surface area (Å²) in [6.07, 6.45) is 1.38. The van der Waals surface area contributed by atoms with Crippen molar-refractivity contribution in [1.82, 2.24) is 5.32 Å². The monoisotopic (exact) mass is 289 g/mol. The molecule has 17 heavy (non-hydrogen) atoms. The quantitative estimate of drug-likeness (QED) is 0.923. The van der Waals surface area contributed by atoms with Crippen LogP contribution in [0.15, 0.2) is 28.9 Å². The number of hydrogen-bond donors (Lipinski definition) is 1. The number of halogens is 2. The Kier molecular flexibility index (Phi) is 3.76. The maximum atomic E-state index is 11.8. The average molecular weight is 290 g/mol. The Labute approximate surface area is 112 Å².